The fourth-order valence-corrected chi connectivity index (χ4v) is 7.68. The summed E-state index contributed by atoms with van der Waals surface area (Å²) in [5.41, 5.74) is 0. The Bertz CT molecular complexity index is 1300. The van der Waals surface area contributed by atoms with Crippen molar-refractivity contribution in [1.29, 1.82) is 0 Å². The Hall–Kier alpha value is -3.41. The molecule has 0 fully saturated rings. The molecule has 0 bridgehead atoms. The van der Waals surface area contributed by atoms with Crippen LogP contribution in [0.3, 0.4) is 0 Å². The summed E-state index contributed by atoms with van der Waals surface area (Å²) in [6, 6.07) is 0. The minimum Gasteiger partial charge on any atom is -0.462 e. The van der Waals surface area contributed by atoms with Gasteiger partial charge in [-0.3, -0.25) is 14.4 Å². The second-order valence-corrected chi connectivity index (χ2v) is 18.5. The lowest BCUT2D eigenvalue weighted by Crippen LogP contribution is -2.30. The first-order valence-electron chi connectivity index (χ1n) is 28.1. The Kier molecular flexibility index (Phi) is 52.4. The van der Waals surface area contributed by atoms with Crippen LogP contribution in [0.1, 0.15) is 265 Å². The number of allylic oxidation sites excluding steroid dienone is 14. The molecule has 0 spiro atoms. The van der Waals surface area contributed by atoms with Gasteiger partial charge in [-0.15, -0.1) is 0 Å². The lowest BCUT2D eigenvalue weighted by molar-refractivity contribution is -0.167. The van der Waals surface area contributed by atoms with E-state index in [-0.39, 0.29) is 31.1 Å². The van der Waals surface area contributed by atoms with E-state index in [2.05, 4.69) is 106 Å². The van der Waals surface area contributed by atoms with Crippen molar-refractivity contribution >= 4 is 17.9 Å². The maximum Gasteiger partial charge on any atom is 0.306 e. The highest BCUT2D eigenvalue weighted by atomic mass is 16.6. The molecule has 0 radical (unpaired) electrons. The third kappa shape index (κ3) is 53.4. The van der Waals surface area contributed by atoms with Crippen LogP contribution in [-0.2, 0) is 28.6 Å². The van der Waals surface area contributed by atoms with Crippen LogP contribution >= 0.6 is 0 Å². The Balaban J connectivity index is 4.46. The van der Waals surface area contributed by atoms with E-state index in [1.165, 1.54) is 103 Å². The SMILES string of the molecule is CC/C=C\C/C=C\C/C=C\CCCCCCCC(=O)OC[C@H](COC(=O)CCCCC/C=C\C/C=C\C/C=C\C/C=C\CCCCC)OC(=O)CCCCCCCCCCCCCCCCC. The average Bonchev–Trinajstić information content (AvgIpc) is 3.33. The number of carbonyl (C=O) groups excluding carboxylic acids is 3. The molecule has 6 heteroatoms. The van der Waals surface area contributed by atoms with Crippen molar-refractivity contribution in [1.82, 2.24) is 0 Å². The smallest absolute Gasteiger partial charge is 0.306 e. The summed E-state index contributed by atoms with van der Waals surface area (Å²) in [6.45, 7) is 6.47. The molecule has 0 unspecified atom stereocenters. The summed E-state index contributed by atoms with van der Waals surface area (Å²) in [4.78, 5) is 38.1. The van der Waals surface area contributed by atoms with Crippen molar-refractivity contribution in [2.45, 2.75) is 271 Å². The van der Waals surface area contributed by atoms with Crippen LogP contribution in [0.2, 0.25) is 0 Å². The standard InChI is InChI=1S/C61H104O6/c1-4-7-10-13-16-19-22-25-28-29-30-31-34-36-39-42-45-48-51-54-60(63)66-57-58(67-61(64)55-52-49-46-43-40-37-33-27-24-21-18-15-12-9-6-3)56-65-59(62)53-50-47-44-41-38-35-32-26-23-20-17-14-11-8-5-2/h8,11,16-17,19-20,25-26,28,30-32,36,39,58H,4-7,9-10,12-15,18,21-24,27,29,33-35,37-38,40-57H2,1-3H3/b11-8-,19-16-,20-17-,28-25-,31-30-,32-26-,39-36-/t58-/m1/s1. The van der Waals surface area contributed by atoms with Gasteiger partial charge in [0.15, 0.2) is 6.10 Å². The van der Waals surface area contributed by atoms with E-state index in [0.29, 0.717) is 19.3 Å². The zero-order chi connectivity index (χ0) is 48.6. The zero-order valence-electron chi connectivity index (χ0n) is 43.9. The van der Waals surface area contributed by atoms with Gasteiger partial charge in [-0.2, -0.15) is 0 Å². The van der Waals surface area contributed by atoms with E-state index in [0.717, 1.165) is 122 Å². The molecular weight excluding hydrogens is 829 g/mol. The predicted molar refractivity (Wildman–Crippen MR) is 288 cm³/mol. The highest BCUT2D eigenvalue weighted by Gasteiger charge is 2.19. The Morgan fingerprint density at radius 2 is 0.582 bits per heavy atom. The molecule has 0 aromatic carbocycles. The molecule has 0 amide bonds. The van der Waals surface area contributed by atoms with Gasteiger partial charge in [-0.25, -0.2) is 0 Å². The fourth-order valence-electron chi connectivity index (χ4n) is 7.68. The van der Waals surface area contributed by atoms with Crippen molar-refractivity contribution in [2.75, 3.05) is 13.2 Å². The first-order valence-corrected chi connectivity index (χ1v) is 28.1. The summed E-state index contributed by atoms with van der Waals surface area (Å²) in [7, 11) is 0. The molecule has 0 aliphatic rings. The Morgan fingerprint density at radius 1 is 0.313 bits per heavy atom. The molecule has 384 valence electrons. The van der Waals surface area contributed by atoms with Crippen LogP contribution in [0, 0.1) is 0 Å². The molecule has 1 atom stereocenters. The predicted octanol–water partition coefficient (Wildman–Crippen LogP) is 18.8. The number of hydrogen-bond donors (Lipinski definition) is 0. The summed E-state index contributed by atoms with van der Waals surface area (Å²) in [5, 5.41) is 0. The topological polar surface area (TPSA) is 78.9 Å². The summed E-state index contributed by atoms with van der Waals surface area (Å²) in [5.74, 6) is -0.935. The summed E-state index contributed by atoms with van der Waals surface area (Å²) < 4.78 is 16.8. The second-order valence-electron chi connectivity index (χ2n) is 18.5. The van der Waals surface area contributed by atoms with Gasteiger partial charge in [0.25, 0.3) is 0 Å². The van der Waals surface area contributed by atoms with E-state index in [9.17, 15) is 14.4 Å². The van der Waals surface area contributed by atoms with Crippen molar-refractivity contribution in [3.05, 3.63) is 85.1 Å². The summed E-state index contributed by atoms with van der Waals surface area (Å²) in [6.07, 6.45) is 71.4. The summed E-state index contributed by atoms with van der Waals surface area (Å²) >= 11 is 0. The van der Waals surface area contributed by atoms with E-state index in [4.69, 9.17) is 14.2 Å². The maximum absolute atomic E-state index is 12.8. The third-order valence-electron chi connectivity index (χ3n) is 11.9. The number of esters is 3. The highest BCUT2D eigenvalue weighted by molar-refractivity contribution is 5.71. The van der Waals surface area contributed by atoms with Gasteiger partial charge in [0, 0.05) is 19.3 Å². The number of rotatable bonds is 50. The minimum atomic E-state index is -0.796. The molecule has 0 aliphatic carbocycles. The molecule has 0 rings (SSSR count). The van der Waals surface area contributed by atoms with Crippen molar-refractivity contribution in [2.24, 2.45) is 0 Å². The quantitative estimate of drug-likeness (QED) is 0.0262. The molecule has 0 aromatic heterocycles. The number of hydrogen-bond acceptors (Lipinski definition) is 6. The van der Waals surface area contributed by atoms with Gasteiger partial charge < -0.3 is 14.2 Å². The van der Waals surface area contributed by atoms with Crippen molar-refractivity contribution < 1.29 is 28.6 Å². The van der Waals surface area contributed by atoms with Gasteiger partial charge in [0.2, 0.25) is 0 Å². The first-order chi connectivity index (χ1) is 33.0. The normalized spacial score (nSPS) is 12.7. The zero-order valence-corrected chi connectivity index (χ0v) is 43.9. The molecule has 0 N–H and O–H groups in total. The van der Waals surface area contributed by atoms with Crippen LogP contribution in [0.15, 0.2) is 85.1 Å². The van der Waals surface area contributed by atoms with Gasteiger partial charge in [0.1, 0.15) is 13.2 Å². The maximum atomic E-state index is 12.8. The van der Waals surface area contributed by atoms with Crippen LogP contribution < -0.4 is 0 Å². The number of ether oxygens (including phenoxy) is 3. The van der Waals surface area contributed by atoms with E-state index in [1.54, 1.807) is 0 Å². The van der Waals surface area contributed by atoms with Crippen LogP contribution in [0.25, 0.3) is 0 Å². The monoisotopic (exact) mass is 933 g/mol. The Morgan fingerprint density at radius 3 is 0.955 bits per heavy atom. The minimum absolute atomic E-state index is 0.0945. The van der Waals surface area contributed by atoms with Gasteiger partial charge >= 0.3 is 17.9 Å². The number of carbonyl (C=O) groups is 3. The van der Waals surface area contributed by atoms with Crippen LogP contribution in [0.5, 0.6) is 0 Å². The highest BCUT2D eigenvalue weighted by Crippen LogP contribution is 2.15. The largest absolute Gasteiger partial charge is 0.462 e. The van der Waals surface area contributed by atoms with E-state index in [1.807, 2.05) is 0 Å². The lowest BCUT2D eigenvalue weighted by atomic mass is 10.0. The third-order valence-corrected chi connectivity index (χ3v) is 11.9. The average molecular weight is 933 g/mol. The van der Waals surface area contributed by atoms with Crippen LogP contribution in [-0.4, -0.2) is 37.2 Å². The molecule has 0 heterocycles. The lowest BCUT2D eigenvalue weighted by Gasteiger charge is -2.18. The molecular formula is C61H104O6. The fraction of sp³-hybridized carbons (Fsp3) is 0.721. The van der Waals surface area contributed by atoms with E-state index >= 15 is 0 Å². The molecule has 0 saturated heterocycles. The molecule has 0 aliphatic heterocycles. The molecule has 67 heavy (non-hydrogen) atoms. The van der Waals surface area contributed by atoms with Gasteiger partial charge in [-0.1, -0.05) is 234 Å². The van der Waals surface area contributed by atoms with E-state index < -0.39 is 6.10 Å². The van der Waals surface area contributed by atoms with Crippen LogP contribution in [0.4, 0.5) is 0 Å². The second kappa shape index (κ2) is 55.2. The Labute approximate surface area is 414 Å². The van der Waals surface area contributed by atoms with Gasteiger partial charge in [-0.05, 0) is 96.3 Å². The van der Waals surface area contributed by atoms with Crippen molar-refractivity contribution in [3.63, 3.8) is 0 Å². The molecule has 6 nitrogen and oxygen atoms in total. The first kappa shape index (κ1) is 63.6. The number of unbranched alkanes of at least 4 members (excludes halogenated alkanes) is 25. The molecule has 0 aromatic rings. The van der Waals surface area contributed by atoms with Gasteiger partial charge in [0.05, 0.1) is 0 Å². The molecule has 0 saturated carbocycles. The van der Waals surface area contributed by atoms with Crippen molar-refractivity contribution in [3.8, 4) is 0 Å².